The lowest BCUT2D eigenvalue weighted by molar-refractivity contribution is -0.118. The topological polar surface area (TPSA) is 112 Å². The molecule has 0 atom stereocenters. The van der Waals surface area contributed by atoms with Crippen LogP contribution in [0.1, 0.15) is 13.8 Å². The molecule has 0 saturated carbocycles. The van der Waals surface area contributed by atoms with Gasteiger partial charge in [0.05, 0.1) is 29.1 Å². The van der Waals surface area contributed by atoms with Gasteiger partial charge in [0.25, 0.3) is 0 Å². The van der Waals surface area contributed by atoms with Crippen molar-refractivity contribution in [1.82, 2.24) is 30.1 Å². The van der Waals surface area contributed by atoms with Crippen molar-refractivity contribution in [2.75, 3.05) is 5.32 Å². The maximum Gasteiger partial charge on any atom is 0.226 e. The summed E-state index contributed by atoms with van der Waals surface area (Å²) in [5.74, 6) is 0.387. The Kier molecular flexibility index (Phi) is 5.30. The third-order valence-corrected chi connectivity index (χ3v) is 6.79. The number of rotatable bonds is 5. The molecule has 0 aliphatic carbocycles. The highest BCUT2D eigenvalue weighted by Gasteiger charge is 2.17. The zero-order valence-electron chi connectivity index (χ0n) is 19.3. The maximum atomic E-state index is 13.6. The first-order valence-corrected chi connectivity index (χ1v) is 12.1. The summed E-state index contributed by atoms with van der Waals surface area (Å²) in [6, 6.07) is 11.0. The minimum absolute atomic E-state index is 0.0643. The van der Waals surface area contributed by atoms with Crippen molar-refractivity contribution in [3.63, 3.8) is 0 Å². The summed E-state index contributed by atoms with van der Waals surface area (Å²) in [5, 5.41) is 11.1. The van der Waals surface area contributed by atoms with Gasteiger partial charge in [-0.1, -0.05) is 19.9 Å². The van der Waals surface area contributed by atoms with Crippen molar-refractivity contribution in [2.45, 2.75) is 13.8 Å². The summed E-state index contributed by atoms with van der Waals surface area (Å²) in [6.45, 7) is 3.69. The molecular weight excluding hydrogens is 477 g/mol. The molecule has 5 heterocycles. The number of thiophene rings is 1. The van der Waals surface area contributed by atoms with Gasteiger partial charge in [-0.3, -0.25) is 19.9 Å². The number of anilines is 1. The number of imidazole rings is 1. The van der Waals surface area contributed by atoms with Gasteiger partial charge in [-0.25, -0.2) is 4.98 Å². The van der Waals surface area contributed by atoms with Gasteiger partial charge in [-0.05, 0) is 35.9 Å². The van der Waals surface area contributed by atoms with Gasteiger partial charge in [0.2, 0.25) is 5.91 Å². The fourth-order valence-corrected chi connectivity index (χ4v) is 4.75. The Hall–Kier alpha value is -4.44. The van der Waals surface area contributed by atoms with Gasteiger partial charge in [0.1, 0.15) is 11.2 Å². The molecular formula is C26H20FN7OS. The normalized spacial score (nSPS) is 11.6. The van der Waals surface area contributed by atoms with E-state index in [0.717, 1.165) is 49.3 Å². The number of H-pyrrole nitrogens is 2. The number of amides is 1. The van der Waals surface area contributed by atoms with Crippen LogP contribution in [-0.4, -0.2) is 36.0 Å². The summed E-state index contributed by atoms with van der Waals surface area (Å²) in [6.07, 6.45) is 6.77. The van der Waals surface area contributed by atoms with Crippen LogP contribution < -0.4 is 5.32 Å². The van der Waals surface area contributed by atoms with Gasteiger partial charge in [-0.15, -0.1) is 11.3 Å². The molecule has 1 amide bonds. The predicted octanol–water partition coefficient (Wildman–Crippen LogP) is 6.03. The quantitative estimate of drug-likeness (QED) is 0.269. The minimum Gasteiger partial charge on any atom is -0.335 e. The van der Waals surface area contributed by atoms with Crippen molar-refractivity contribution in [3.8, 4) is 33.1 Å². The summed E-state index contributed by atoms with van der Waals surface area (Å²) in [4.78, 5) is 29.6. The molecule has 178 valence electrons. The number of carbonyl (C=O) groups excluding carboxylic acids is 1. The van der Waals surface area contributed by atoms with Crippen LogP contribution in [0.5, 0.6) is 0 Å². The van der Waals surface area contributed by atoms with Crippen LogP contribution in [0.25, 0.3) is 55.0 Å². The van der Waals surface area contributed by atoms with Crippen LogP contribution >= 0.6 is 11.3 Å². The largest absolute Gasteiger partial charge is 0.335 e. The molecule has 5 aromatic heterocycles. The monoisotopic (exact) mass is 497 g/mol. The zero-order chi connectivity index (χ0) is 24.8. The summed E-state index contributed by atoms with van der Waals surface area (Å²) < 4.78 is 13.6. The van der Waals surface area contributed by atoms with Crippen LogP contribution in [0.15, 0.2) is 61.2 Å². The maximum absolute atomic E-state index is 13.6. The number of benzene rings is 1. The Morgan fingerprint density at radius 3 is 2.67 bits per heavy atom. The molecule has 0 aliphatic heterocycles. The molecule has 0 spiro atoms. The van der Waals surface area contributed by atoms with E-state index in [9.17, 15) is 9.18 Å². The van der Waals surface area contributed by atoms with E-state index < -0.39 is 0 Å². The number of nitrogens with zero attached hydrogens (tertiary/aromatic N) is 4. The van der Waals surface area contributed by atoms with Gasteiger partial charge < -0.3 is 10.3 Å². The van der Waals surface area contributed by atoms with E-state index in [-0.39, 0.29) is 17.0 Å². The Morgan fingerprint density at radius 1 is 1.00 bits per heavy atom. The van der Waals surface area contributed by atoms with Gasteiger partial charge in [0, 0.05) is 39.7 Å². The van der Waals surface area contributed by atoms with Crippen molar-refractivity contribution in [2.24, 2.45) is 5.92 Å². The Morgan fingerprint density at radius 2 is 1.86 bits per heavy atom. The molecule has 0 saturated heterocycles. The standard InChI is InChI=1S/C26H20FN7OS/c1-13(2)26(35)30-16-7-15(9-28-10-16)14-3-4-19-17(8-14)24(34-33-19)25-31-20-12-29-11-18(23(20)32-25)21-5-6-22(27)36-21/h3-13H,1-2H3,(H,30,35)(H,31,32)(H,33,34). The molecule has 0 fully saturated rings. The number of hydrogen-bond donors (Lipinski definition) is 3. The molecule has 0 radical (unpaired) electrons. The van der Waals surface area contributed by atoms with E-state index in [0.29, 0.717) is 22.7 Å². The van der Waals surface area contributed by atoms with Crippen LogP contribution in [0.3, 0.4) is 0 Å². The summed E-state index contributed by atoms with van der Waals surface area (Å²) in [5.41, 5.74) is 6.13. The summed E-state index contributed by atoms with van der Waals surface area (Å²) >= 11 is 1.06. The fraction of sp³-hybridized carbons (Fsp3) is 0.115. The number of nitrogens with one attached hydrogen (secondary N) is 3. The van der Waals surface area contributed by atoms with Crippen molar-refractivity contribution >= 4 is 44.9 Å². The van der Waals surface area contributed by atoms with E-state index in [2.05, 4.69) is 30.5 Å². The number of carbonyl (C=O) groups is 1. The Balaban J connectivity index is 1.41. The predicted molar refractivity (Wildman–Crippen MR) is 139 cm³/mol. The lowest BCUT2D eigenvalue weighted by Crippen LogP contribution is -2.17. The van der Waals surface area contributed by atoms with Crippen LogP contribution in [0, 0.1) is 11.0 Å². The molecule has 6 aromatic rings. The molecule has 0 unspecified atom stereocenters. The zero-order valence-corrected chi connectivity index (χ0v) is 20.2. The lowest BCUT2D eigenvalue weighted by atomic mass is 10.0. The second kappa shape index (κ2) is 8.65. The van der Waals surface area contributed by atoms with Crippen molar-refractivity contribution in [3.05, 3.63) is 66.3 Å². The number of aromatic nitrogens is 6. The first-order chi connectivity index (χ1) is 17.5. The number of aromatic amines is 2. The highest BCUT2D eigenvalue weighted by atomic mass is 32.1. The first kappa shape index (κ1) is 22.1. The van der Waals surface area contributed by atoms with Crippen molar-refractivity contribution in [1.29, 1.82) is 0 Å². The average Bonchev–Trinajstić information content (AvgIpc) is 3.61. The van der Waals surface area contributed by atoms with E-state index in [1.807, 2.05) is 38.1 Å². The second-order valence-corrected chi connectivity index (χ2v) is 9.75. The minimum atomic E-state index is -0.258. The number of pyridine rings is 2. The van der Waals surface area contributed by atoms with Crippen LogP contribution in [0.4, 0.5) is 10.1 Å². The van der Waals surface area contributed by atoms with Gasteiger partial charge in [0.15, 0.2) is 11.0 Å². The Labute approximate surface area is 208 Å². The van der Waals surface area contributed by atoms with Crippen molar-refractivity contribution < 1.29 is 9.18 Å². The van der Waals surface area contributed by atoms with Gasteiger partial charge in [-0.2, -0.15) is 9.49 Å². The lowest BCUT2D eigenvalue weighted by Gasteiger charge is -2.09. The molecule has 10 heteroatoms. The molecule has 3 N–H and O–H groups in total. The molecule has 6 rings (SSSR count). The summed E-state index contributed by atoms with van der Waals surface area (Å²) in [7, 11) is 0. The number of fused-ring (bicyclic) bond motifs is 2. The molecule has 8 nitrogen and oxygen atoms in total. The van der Waals surface area contributed by atoms with E-state index >= 15 is 0 Å². The molecule has 36 heavy (non-hydrogen) atoms. The molecule has 0 aliphatic rings. The van der Waals surface area contributed by atoms with E-state index in [4.69, 9.17) is 4.98 Å². The second-order valence-electron chi connectivity index (χ2n) is 8.71. The average molecular weight is 498 g/mol. The first-order valence-electron chi connectivity index (χ1n) is 11.3. The van der Waals surface area contributed by atoms with E-state index in [1.54, 1.807) is 30.9 Å². The van der Waals surface area contributed by atoms with Crippen LogP contribution in [-0.2, 0) is 4.79 Å². The third kappa shape index (κ3) is 3.91. The number of hydrogen-bond acceptors (Lipinski definition) is 6. The fourth-order valence-electron chi connectivity index (χ4n) is 4.01. The van der Waals surface area contributed by atoms with Gasteiger partial charge >= 0.3 is 0 Å². The molecule has 0 bridgehead atoms. The smallest absolute Gasteiger partial charge is 0.226 e. The number of halogens is 1. The van der Waals surface area contributed by atoms with Crippen LogP contribution in [0.2, 0.25) is 0 Å². The highest BCUT2D eigenvalue weighted by molar-refractivity contribution is 7.14. The molecule has 1 aromatic carbocycles. The Bertz CT molecular complexity index is 1750. The SMILES string of the molecule is CC(C)C(=O)Nc1cncc(-c2ccc3[nH]nc(-c4nc5c(-c6ccc(F)s6)cncc5[nH]4)c3c2)c1. The third-order valence-electron chi connectivity index (χ3n) is 5.88. The van der Waals surface area contributed by atoms with E-state index in [1.165, 1.54) is 6.07 Å². The highest BCUT2D eigenvalue weighted by Crippen LogP contribution is 2.35.